The van der Waals surface area contributed by atoms with Crippen molar-refractivity contribution in [3.05, 3.63) is 34.3 Å². The van der Waals surface area contributed by atoms with Crippen molar-refractivity contribution in [1.82, 2.24) is 5.32 Å². The highest BCUT2D eigenvalue weighted by Crippen LogP contribution is 2.25. The van der Waals surface area contributed by atoms with E-state index in [1.807, 2.05) is 6.07 Å². The molecule has 5 heteroatoms. The largest absolute Gasteiger partial charge is 0.412 e. The molecule has 1 heterocycles. The summed E-state index contributed by atoms with van der Waals surface area (Å²) in [4.78, 5) is 0. The number of hydrogen-bond acceptors (Lipinski definition) is 1. The van der Waals surface area contributed by atoms with E-state index in [9.17, 15) is 0 Å². The van der Waals surface area contributed by atoms with Crippen LogP contribution in [-0.2, 0) is 6.42 Å². The SMILES string of the molecule is C[C@H]1CNCCc2ccc(Cl)cc21.Cl.Cl.O. The van der Waals surface area contributed by atoms with Crippen LogP contribution in [0, 0.1) is 0 Å². The Balaban J connectivity index is 0. The second kappa shape index (κ2) is 8.15. The second-order valence-corrected chi connectivity index (χ2v) is 4.13. The van der Waals surface area contributed by atoms with Crippen LogP contribution in [0.1, 0.15) is 24.0 Å². The molecule has 1 atom stereocenters. The third kappa shape index (κ3) is 4.11. The molecule has 0 saturated heterocycles. The molecule has 2 rings (SSSR count). The minimum absolute atomic E-state index is 0. The van der Waals surface area contributed by atoms with Gasteiger partial charge in [0.05, 0.1) is 0 Å². The van der Waals surface area contributed by atoms with Crippen molar-refractivity contribution in [2.45, 2.75) is 19.3 Å². The Hall–Kier alpha value is 0.01000. The summed E-state index contributed by atoms with van der Waals surface area (Å²) in [6.45, 7) is 4.39. The van der Waals surface area contributed by atoms with Gasteiger partial charge < -0.3 is 10.8 Å². The number of halogens is 3. The van der Waals surface area contributed by atoms with E-state index in [2.05, 4.69) is 24.4 Å². The van der Waals surface area contributed by atoms with Gasteiger partial charge >= 0.3 is 0 Å². The number of benzene rings is 1. The first-order chi connectivity index (χ1) is 6.27. The van der Waals surface area contributed by atoms with Gasteiger partial charge in [-0.15, -0.1) is 24.8 Å². The summed E-state index contributed by atoms with van der Waals surface area (Å²) in [7, 11) is 0. The summed E-state index contributed by atoms with van der Waals surface area (Å²) in [5.41, 5.74) is 2.86. The third-order valence-electron chi connectivity index (χ3n) is 2.66. The average molecular weight is 287 g/mol. The zero-order valence-electron chi connectivity index (χ0n) is 9.13. The molecule has 3 N–H and O–H groups in total. The summed E-state index contributed by atoms with van der Waals surface area (Å²) in [6, 6.07) is 6.24. The molecule has 0 unspecified atom stereocenters. The quantitative estimate of drug-likeness (QED) is 0.783. The summed E-state index contributed by atoms with van der Waals surface area (Å²) in [6.07, 6.45) is 1.12. The van der Waals surface area contributed by atoms with Crippen LogP contribution in [0.4, 0.5) is 0 Å². The molecule has 0 bridgehead atoms. The van der Waals surface area contributed by atoms with Gasteiger partial charge in [-0.1, -0.05) is 24.6 Å². The molecular weight excluding hydrogens is 268 g/mol. The van der Waals surface area contributed by atoms with Gasteiger partial charge in [-0.3, -0.25) is 0 Å². The van der Waals surface area contributed by atoms with Crippen molar-refractivity contribution in [3.63, 3.8) is 0 Å². The maximum Gasteiger partial charge on any atom is 0.0409 e. The molecule has 1 aromatic carbocycles. The van der Waals surface area contributed by atoms with Gasteiger partial charge in [0.2, 0.25) is 0 Å². The molecule has 1 aromatic rings. The first-order valence-corrected chi connectivity index (χ1v) is 5.14. The smallest absolute Gasteiger partial charge is 0.0409 e. The predicted molar refractivity (Wildman–Crippen MR) is 74.6 cm³/mol. The monoisotopic (exact) mass is 285 g/mol. The normalized spacial score (nSPS) is 18.0. The van der Waals surface area contributed by atoms with E-state index in [1.165, 1.54) is 11.1 Å². The molecule has 94 valence electrons. The molecule has 2 nitrogen and oxygen atoms in total. The highest BCUT2D eigenvalue weighted by atomic mass is 35.5. The van der Waals surface area contributed by atoms with Gasteiger partial charge in [-0.2, -0.15) is 0 Å². The molecule has 0 radical (unpaired) electrons. The summed E-state index contributed by atoms with van der Waals surface area (Å²) in [5, 5.41) is 4.27. The Morgan fingerprint density at radius 3 is 2.69 bits per heavy atom. The van der Waals surface area contributed by atoms with Crippen LogP contribution in [-0.4, -0.2) is 18.6 Å². The Kier molecular flexibility index (Phi) is 9.36. The lowest BCUT2D eigenvalue weighted by Crippen LogP contribution is -2.18. The fourth-order valence-corrected chi connectivity index (χ4v) is 2.08. The molecular formula is C11H18Cl3NO. The predicted octanol–water partition coefficient (Wildman–Crippen LogP) is 2.61. The first-order valence-electron chi connectivity index (χ1n) is 4.76. The van der Waals surface area contributed by atoms with Crippen LogP contribution in [0.15, 0.2) is 18.2 Å². The minimum Gasteiger partial charge on any atom is -0.412 e. The van der Waals surface area contributed by atoms with Crippen molar-refractivity contribution < 1.29 is 5.48 Å². The molecule has 1 aliphatic rings. The second-order valence-electron chi connectivity index (χ2n) is 3.70. The maximum atomic E-state index is 5.97. The van der Waals surface area contributed by atoms with E-state index in [-0.39, 0.29) is 30.3 Å². The zero-order chi connectivity index (χ0) is 9.26. The van der Waals surface area contributed by atoms with E-state index in [0.717, 1.165) is 24.5 Å². The fourth-order valence-electron chi connectivity index (χ4n) is 1.90. The molecule has 0 saturated carbocycles. The number of rotatable bonds is 0. The lowest BCUT2D eigenvalue weighted by molar-refractivity contribution is 0.644. The lowest BCUT2D eigenvalue weighted by Gasteiger charge is -2.11. The highest BCUT2D eigenvalue weighted by Gasteiger charge is 2.13. The van der Waals surface area contributed by atoms with Gasteiger partial charge in [-0.05, 0) is 42.1 Å². The Morgan fingerprint density at radius 1 is 1.31 bits per heavy atom. The van der Waals surface area contributed by atoms with Crippen LogP contribution in [0.25, 0.3) is 0 Å². The van der Waals surface area contributed by atoms with E-state index in [4.69, 9.17) is 11.6 Å². The summed E-state index contributed by atoms with van der Waals surface area (Å²) < 4.78 is 0. The average Bonchev–Trinajstić information content (AvgIpc) is 2.29. The molecule has 0 spiro atoms. The number of hydrogen-bond donors (Lipinski definition) is 1. The van der Waals surface area contributed by atoms with Crippen LogP contribution in [0.2, 0.25) is 5.02 Å². The molecule has 0 amide bonds. The van der Waals surface area contributed by atoms with Crippen LogP contribution >= 0.6 is 36.4 Å². The topological polar surface area (TPSA) is 43.5 Å². The van der Waals surface area contributed by atoms with Crippen molar-refractivity contribution in [1.29, 1.82) is 0 Å². The molecule has 0 aromatic heterocycles. The van der Waals surface area contributed by atoms with Crippen LogP contribution in [0.3, 0.4) is 0 Å². The van der Waals surface area contributed by atoms with Gasteiger partial charge in [-0.25, -0.2) is 0 Å². The van der Waals surface area contributed by atoms with Gasteiger partial charge in [0.15, 0.2) is 0 Å². The molecule has 1 aliphatic heterocycles. The third-order valence-corrected chi connectivity index (χ3v) is 2.90. The minimum atomic E-state index is 0. The Labute approximate surface area is 114 Å². The summed E-state index contributed by atoms with van der Waals surface area (Å²) in [5.74, 6) is 0.580. The van der Waals surface area contributed by atoms with E-state index in [1.54, 1.807) is 0 Å². The molecule has 0 fully saturated rings. The first kappa shape index (κ1) is 18.4. The standard InChI is InChI=1S/C11H14ClN.2ClH.H2O/c1-8-7-13-5-4-9-2-3-10(12)6-11(8)9;;;/h2-3,6,8,13H,4-5,7H2,1H3;2*1H;1H2/t8-;;;/m0.../s1. The number of fused-ring (bicyclic) bond motifs is 1. The van der Waals surface area contributed by atoms with Gasteiger partial charge in [0.1, 0.15) is 0 Å². The lowest BCUT2D eigenvalue weighted by atomic mass is 9.96. The van der Waals surface area contributed by atoms with Crippen LogP contribution < -0.4 is 5.32 Å². The van der Waals surface area contributed by atoms with Gasteiger partial charge in [0.25, 0.3) is 0 Å². The highest BCUT2D eigenvalue weighted by molar-refractivity contribution is 6.30. The van der Waals surface area contributed by atoms with E-state index < -0.39 is 0 Å². The van der Waals surface area contributed by atoms with Gasteiger partial charge in [0, 0.05) is 11.6 Å². The van der Waals surface area contributed by atoms with Crippen molar-refractivity contribution >= 4 is 36.4 Å². The van der Waals surface area contributed by atoms with E-state index >= 15 is 0 Å². The van der Waals surface area contributed by atoms with Crippen molar-refractivity contribution in [2.75, 3.05) is 13.1 Å². The Bertz CT molecular complexity index is 320. The molecule has 16 heavy (non-hydrogen) atoms. The maximum absolute atomic E-state index is 5.97. The van der Waals surface area contributed by atoms with Crippen molar-refractivity contribution in [3.8, 4) is 0 Å². The summed E-state index contributed by atoms with van der Waals surface area (Å²) >= 11 is 5.97. The molecule has 0 aliphatic carbocycles. The zero-order valence-corrected chi connectivity index (χ0v) is 11.5. The van der Waals surface area contributed by atoms with Crippen LogP contribution in [0.5, 0.6) is 0 Å². The Morgan fingerprint density at radius 2 is 2.00 bits per heavy atom. The number of nitrogens with one attached hydrogen (secondary N) is 1. The fraction of sp³-hybridized carbons (Fsp3) is 0.455. The van der Waals surface area contributed by atoms with E-state index in [0.29, 0.717) is 5.92 Å². The van der Waals surface area contributed by atoms with Crippen molar-refractivity contribution in [2.24, 2.45) is 0 Å².